The van der Waals surface area contributed by atoms with Gasteiger partial charge >= 0.3 is 0 Å². The zero-order chi connectivity index (χ0) is 16.2. The van der Waals surface area contributed by atoms with E-state index in [2.05, 4.69) is 26.1 Å². The lowest BCUT2D eigenvalue weighted by atomic mass is 10.2. The summed E-state index contributed by atoms with van der Waals surface area (Å²) in [4.78, 5) is 0. The van der Waals surface area contributed by atoms with E-state index in [1.54, 1.807) is 21.9 Å². The van der Waals surface area contributed by atoms with Crippen molar-refractivity contribution in [2.75, 3.05) is 0 Å². The number of aromatic nitrogens is 3. The molecule has 0 spiro atoms. The van der Waals surface area contributed by atoms with Crippen molar-refractivity contribution in [2.24, 2.45) is 5.10 Å². The average Bonchev–Trinajstić information content (AvgIpc) is 2.90. The maximum absolute atomic E-state index is 6.17. The van der Waals surface area contributed by atoms with Crippen LogP contribution in [0, 0.1) is 4.77 Å². The molecule has 0 fully saturated rings. The molecule has 23 heavy (non-hydrogen) atoms. The molecule has 1 aromatic heterocycles. The molecule has 1 heterocycles. The van der Waals surface area contributed by atoms with Gasteiger partial charge in [0, 0.05) is 9.50 Å². The van der Waals surface area contributed by atoms with Gasteiger partial charge in [-0.2, -0.15) is 14.9 Å². The predicted octanol–water partition coefficient (Wildman–Crippen LogP) is 4.76. The lowest BCUT2D eigenvalue weighted by molar-refractivity contribution is 0.666. The quantitative estimate of drug-likeness (QED) is 0.462. The SMILES string of the molecule is S=c1n(N=Cc2ccc(Br)cc2)cnn1Cc1ccccc1Cl. The fraction of sp³-hybridized carbons (Fsp3) is 0.0625. The fourth-order valence-electron chi connectivity index (χ4n) is 1.98. The molecule has 0 saturated carbocycles. The summed E-state index contributed by atoms with van der Waals surface area (Å²) in [7, 11) is 0. The van der Waals surface area contributed by atoms with Crippen LogP contribution >= 0.6 is 39.7 Å². The van der Waals surface area contributed by atoms with Gasteiger partial charge in [-0.05, 0) is 41.5 Å². The molecule has 3 aromatic rings. The van der Waals surface area contributed by atoms with Crippen LogP contribution in [-0.2, 0) is 6.54 Å². The summed E-state index contributed by atoms with van der Waals surface area (Å²) in [5, 5.41) is 9.32. The third kappa shape index (κ3) is 3.96. The topological polar surface area (TPSA) is 35.1 Å². The molecule has 0 unspecified atom stereocenters. The molecule has 0 saturated heterocycles. The first-order valence-electron chi connectivity index (χ1n) is 6.81. The third-order valence-electron chi connectivity index (χ3n) is 3.20. The molecule has 3 rings (SSSR count). The van der Waals surface area contributed by atoms with Crippen molar-refractivity contribution in [3.05, 3.63) is 80.3 Å². The molecule has 0 amide bonds. The Balaban J connectivity index is 1.81. The number of hydrogen-bond donors (Lipinski definition) is 0. The number of nitrogens with zero attached hydrogens (tertiary/aromatic N) is 4. The molecule has 7 heteroatoms. The summed E-state index contributed by atoms with van der Waals surface area (Å²) < 4.78 is 4.79. The largest absolute Gasteiger partial charge is 0.232 e. The van der Waals surface area contributed by atoms with Gasteiger partial charge in [0.05, 0.1) is 12.8 Å². The highest BCUT2D eigenvalue weighted by atomic mass is 79.9. The van der Waals surface area contributed by atoms with E-state index in [1.807, 2.05) is 48.5 Å². The first-order valence-corrected chi connectivity index (χ1v) is 8.39. The minimum absolute atomic E-state index is 0.512. The maximum atomic E-state index is 6.17. The monoisotopic (exact) mass is 406 g/mol. The molecule has 0 aliphatic carbocycles. The van der Waals surface area contributed by atoms with Crippen LogP contribution in [0.15, 0.2) is 64.4 Å². The zero-order valence-electron chi connectivity index (χ0n) is 11.9. The van der Waals surface area contributed by atoms with Gasteiger partial charge in [0.1, 0.15) is 6.33 Å². The van der Waals surface area contributed by atoms with Gasteiger partial charge in [-0.15, -0.1) is 0 Å². The summed E-state index contributed by atoms with van der Waals surface area (Å²) in [6.07, 6.45) is 3.33. The average molecular weight is 408 g/mol. The van der Waals surface area contributed by atoms with Gasteiger partial charge in [-0.25, -0.2) is 4.68 Å². The summed E-state index contributed by atoms with van der Waals surface area (Å²) in [6.45, 7) is 0.513. The third-order valence-corrected chi connectivity index (χ3v) is 4.49. The predicted molar refractivity (Wildman–Crippen MR) is 98.7 cm³/mol. The Morgan fingerprint density at radius 1 is 1.17 bits per heavy atom. The molecule has 2 aromatic carbocycles. The molecule has 0 bridgehead atoms. The normalized spacial score (nSPS) is 11.2. The summed E-state index contributed by atoms with van der Waals surface area (Å²) in [5.41, 5.74) is 1.95. The molecule has 4 nitrogen and oxygen atoms in total. The first kappa shape index (κ1) is 16.1. The van der Waals surface area contributed by atoms with Crippen LogP contribution in [0.5, 0.6) is 0 Å². The molecule has 0 N–H and O–H groups in total. The van der Waals surface area contributed by atoms with E-state index in [-0.39, 0.29) is 0 Å². The lowest BCUT2D eigenvalue weighted by Gasteiger charge is -2.03. The van der Waals surface area contributed by atoms with Crippen molar-refractivity contribution in [2.45, 2.75) is 6.54 Å². The number of rotatable bonds is 4. The summed E-state index contributed by atoms with van der Waals surface area (Å²) in [6, 6.07) is 15.5. The van der Waals surface area contributed by atoms with Gasteiger partial charge in [-0.3, -0.25) is 0 Å². The van der Waals surface area contributed by atoms with Gasteiger partial charge in [0.2, 0.25) is 4.77 Å². The van der Waals surface area contributed by atoms with Crippen molar-refractivity contribution in [1.82, 2.24) is 14.5 Å². The second kappa shape index (κ2) is 7.21. The van der Waals surface area contributed by atoms with Crippen molar-refractivity contribution in [1.29, 1.82) is 0 Å². The fourth-order valence-corrected chi connectivity index (χ4v) is 2.65. The van der Waals surface area contributed by atoms with Crippen LogP contribution in [0.2, 0.25) is 5.02 Å². The number of benzene rings is 2. The van der Waals surface area contributed by atoms with Crippen molar-refractivity contribution < 1.29 is 0 Å². The van der Waals surface area contributed by atoms with E-state index >= 15 is 0 Å². The standard InChI is InChI=1S/C16H12BrClN4S/c17-14-7-5-12(6-8-14)9-19-22-11-20-21(16(22)23)10-13-3-1-2-4-15(13)18/h1-9,11H,10H2. The second-order valence-electron chi connectivity index (χ2n) is 4.80. The van der Waals surface area contributed by atoms with E-state index in [0.29, 0.717) is 16.3 Å². The maximum Gasteiger partial charge on any atom is 0.219 e. The van der Waals surface area contributed by atoms with Crippen LogP contribution in [0.1, 0.15) is 11.1 Å². The second-order valence-corrected chi connectivity index (χ2v) is 6.49. The molecule has 116 valence electrons. The Morgan fingerprint density at radius 2 is 1.91 bits per heavy atom. The van der Waals surface area contributed by atoms with E-state index < -0.39 is 0 Å². The van der Waals surface area contributed by atoms with Crippen LogP contribution in [0.25, 0.3) is 0 Å². The van der Waals surface area contributed by atoms with Crippen molar-refractivity contribution in [3.8, 4) is 0 Å². The summed E-state index contributed by atoms with van der Waals surface area (Å²) >= 11 is 15.0. The Labute approximate surface area is 152 Å². The highest BCUT2D eigenvalue weighted by Gasteiger charge is 2.04. The van der Waals surface area contributed by atoms with Crippen LogP contribution in [0.3, 0.4) is 0 Å². The van der Waals surface area contributed by atoms with Gasteiger partial charge in [0.25, 0.3) is 0 Å². The molecular weight excluding hydrogens is 396 g/mol. The minimum Gasteiger partial charge on any atom is -0.232 e. The Morgan fingerprint density at radius 3 is 2.65 bits per heavy atom. The number of halogens is 2. The Hall–Kier alpha value is -1.76. The molecule has 0 aliphatic rings. The van der Waals surface area contributed by atoms with Crippen LogP contribution in [0.4, 0.5) is 0 Å². The van der Waals surface area contributed by atoms with Gasteiger partial charge in [-0.1, -0.05) is 57.9 Å². The van der Waals surface area contributed by atoms with Crippen molar-refractivity contribution >= 4 is 46.0 Å². The molecule has 0 atom stereocenters. The van der Waals surface area contributed by atoms with E-state index in [0.717, 1.165) is 15.6 Å². The number of hydrogen-bond acceptors (Lipinski definition) is 3. The highest BCUT2D eigenvalue weighted by Crippen LogP contribution is 2.16. The zero-order valence-corrected chi connectivity index (χ0v) is 15.1. The van der Waals surface area contributed by atoms with Crippen LogP contribution < -0.4 is 0 Å². The smallest absolute Gasteiger partial charge is 0.219 e. The molecule has 0 aliphatic heterocycles. The molecular formula is C16H12BrClN4S. The Kier molecular flexibility index (Phi) is 5.05. The van der Waals surface area contributed by atoms with E-state index in [1.165, 1.54) is 0 Å². The van der Waals surface area contributed by atoms with Gasteiger partial charge < -0.3 is 0 Å². The molecule has 0 radical (unpaired) electrons. The summed E-state index contributed by atoms with van der Waals surface area (Å²) in [5.74, 6) is 0. The first-order chi connectivity index (χ1) is 11.1. The van der Waals surface area contributed by atoms with Crippen molar-refractivity contribution in [3.63, 3.8) is 0 Å². The minimum atomic E-state index is 0.512. The lowest BCUT2D eigenvalue weighted by Crippen LogP contribution is -2.03. The Bertz CT molecular complexity index is 899. The highest BCUT2D eigenvalue weighted by molar-refractivity contribution is 9.10. The van der Waals surface area contributed by atoms with E-state index in [4.69, 9.17) is 23.8 Å². The van der Waals surface area contributed by atoms with Crippen LogP contribution in [-0.4, -0.2) is 20.7 Å². The van der Waals surface area contributed by atoms with Gasteiger partial charge in [0.15, 0.2) is 0 Å². The van der Waals surface area contributed by atoms with E-state index in [9.17, 15) is 0 Å².